The van der Waals surface area contributed by atoms with Crippen molar-refractivity contribution in [3.8, 4) is 5.88 Å². The van der Waals surface area contributed by atoms with Crippen LogP contribution in [0.4, 0.5) is 17.1 Å². The van der Waals surface area contributed by atoms with E-state index in [9.17, 15) is 13.0 Å². The fraction of sp³-hybridized carbons (Fsp3) is 0.167. The first-order valence-electron chi connectivity index (χ1n) is 8.57. The number of aromatic nitrogens is 1. The molecule has 0 saturated heterocycles. The van der Waals surface area contributed by atoms with Crippen LogP contribution in [-0.4, -0.2) is 38.3 Å². The molecule has 3 aromatic rings. The number of benzene rings is 2. The van der Waals surface area contributed by atoms with Crippen LogP contribution in [0.25, 0.3) is 10.8 Å². The van der Waals surface area contributed by atoms with Crippen LogP contribution in [0.5, 0.6) is 5.88 Å². The van der Waals surface area contributed by atoms with E-state index >= 15 is 0 Å². The molecule has 0 aliphatic heterocycles. The Morgan fingerprint density at radius 3 is 2.47 bits per heavy atom. The van der Waals surface area contributed by atoms with Crippen molar-refractivity contribution in [2.24, 2.45) is 26.4 Å². The smallest absolute Gasteiger partial charge is 0.295 e. The summed E-state index contributed by atoms with van der Waals surface area (Å²) < 4.78 is 43.6. The number of hydrogen-bond donors (Lipinski definition) is 2. The normalized spacial score (nSPS) is 12.2. The molecular weight excluding hydrogens is 412 g/mol. The molecule has 2 aromatic carbocycles. The molecule has 1 heterocycles. The van der Waals surface area contributed by atoms with Gasteiger partial charge in [-0.15, -0.1) is 15.3 Å². The van der Waals surface area contributed by atoms with Gasteiger partial charge >= 0.3 is 0 Å². The maximum absolute atomic E-state index is 11.9. The maximum Gasteiger partial charge on any atom is 0.295 e. The lowest BCUT2D eigenvalue weighted by atomic mass is 10.1. The predicted octanol–water partition coefficient (Wildman–Crippen LogP) is 3.88. The van der Waals surface area contributed by atoms with E-state index < -0.39 is 10.1 Å². The van der Waals surface area contributed by atoms with Crippen LogP contribution in [0.3, 0.4) is 0 Å². The summed E-state index contributed by atoms with van der Waals surface area (Å²) in [7, 11) is -2.96. The Hall–Kier alpha value is -3.48. The van der Waals surface area contributed by atoms with E-state index in [4.69, 9.17) is 15.3 Å². The SMILES string of the molecule is COCCOc1ccc(N=Nc2cc(S(=O)(=O)O)c3ccccc3c2N=NN)cn1. The highest BCUT2D eigenvalue weighted by Gasteiger charge is 2.19. The average Bonchev–Trinajstić information content (AvgIpc) is 2.73. The molecule has 11 nitrogen and oxygen atoms in total. The van der Waals surface area contributed by atoms with Gasteiger partial charge in [-0.25, -0.2) is 4.98 Å². The number of rotatable bonds is 8. The Morgan fingerprint density at radius 2 is 1.83 bits per heavy atom. The first-order valence-corrected chi connectivity index (χ1v) is 10.0. The number of hydrogen-bond acceptors (Lipinski definition) is 9. The molecule has 0 atom stereocenters. The maximum atomic E-state index is 11.9. The van der Waals surface area contributed by atoms with E-state index in [0.717, 1.165) is 6.07 Å². The summed E-state index contributed by atoms with van der Waals surface area (Å²) >= 11 is 0. The molecule has 3 N–H and O–H groups in total. The highest BCUT2D eigenvalue weighted by atomic mass is 32.2. The molecule has 0 saturated carbocycles. The number of nitrogens with two attached hydrogens (primary N) is 1. The summed E-state index contributed by atoms with van der Waals surface area (Å²) in [5.74, 6) is 5.60. The van der Waals surface area contributed by atoms with E-state index in [1.165, 1.54) is 12.3 Å². The van der Waals surface area contributed by atoms with Crippen molar-refractivity contribution in [3.63, 3.8) is 0 Å². The van der Waals surface area contributed by atoms with Gasteiger partial charge in [-0.1, -0.05) is 29.5 Å². The second kappa shape index (κ2) is 9.35. The molecule has 0 unspecified atom stereocenters. The fourth-order valence-electron chi connectivity index (χ4n) is 2.62. The predicted molar refractivity (Wildman–Crippen MR) is 108 cm³/mol. The number of methoxy groups -OCH3 is 1. The molecule has 12 heteroatoms. The third-order valence-corrected chi connectivity index (χ3v) is 4.82. The van der Waals surface area contributed by atoms with Gasteiger partial charge < -0.3 is 15.3 Å². The Morgan fingerprint density at radius 1 is 1.07 bits per heavy atom. The van der Waals surface area contributed by atoms with Crippen LogP contribution >= 0.6 is 0 Å². The highest BCUT2D eigenvalue weighted by Crippen LogP contribution is 2.40. The first kappa shape index (κ1) is 21.2. The molecule has 0 aliphatic rings. The average molecular weight is 430 g/mol. The van der Waals surface area contributed by atoms with Gasteiger partial charge in [-0.3, -0.25) is 4.55 Å². The quantitative estimate of drug-likeness (QED) is 0.180. The molecule has 3 rings (SSSR count). The van der Waals surface area contributed by atoms with Crippen LogP contribution in [0.1, 0.15) is 0 Å². The van der Waals surface area contributed by atoms with Crippen molar-refractivity contribution in [1.29, 1.82) is 0 Å². The van der Waals surface area contributed by atoms with Gasteiger partial charge in [0.2, 0.25) is 5.88 Å². The van der Waals surface area contributed by atoms with Crippen molar-refractivity contribution >= 4 is 38.0 Å². The molecule has 0 aliphatic carbocycles. The summed E-state index contributed by atoms with van der Waals surface area (Å²) in [5.41, 5.74) is 0.638. The summed E-state index contributed by atoms with van der Waals surface area (Å²) in [6.45, 7) is 0.785. The molecule has 0 radical (unpaired) electrons. The van der Waals surface area contributed by atoms with Crippen LogP contribution in [0, 0.1) is 0 Å². The Balaban J connectivity index is 2.01. The van der Waals surface area contributed by atoms with E-state index in [1.807, 2.05) is 0 Å². The summed E-state index contributed by atoms with van der Waals surface area (Å²) in [5, 5.41) is 15.9. The third-order valence-electron chi connectivity index (χ3n) is 3.93. The van der Waals surface area contributed by atoms with Crippen molar-refractivity contribution in [2.45, 2.75) is 4.90 Å². The van der Waals surface area contributed by atoms with Crippen molar-refractivity contribution < 1.29 is 22.4 Å². The van der Waals surface area contributed by atoms with Gasteiger partial charge in [0.05, 0.1) is 12.8 Å². The van der Waals surface area contributed by atoms with Gasteiger partial charge in [0.15, 0.2) is 0 Å². The summed E-state index contributed by atoms with van der Waals surface area (Å²) in [4.78, 5) is 3.77. The van der Waals surface area contributed by atoms with Crippen LogP contribution < -0.4 is 10.6 Å². The standard InChI is InChI=1S/C18H18N6O5S/c1-28-8-9-29-17-7-6-12(11-20-17)21-22-15-10-16(30(25,26)27)13-4-2-3-5-14(13)18(15)23-24-19/h2-7,10-11H,8-9H2,1H3,(H2,19,23)(H,25,26,27). The lowest BCUT2D eigenvalue weighted by molar-refractivity contribution is 0.144. The molecule has 0 spiro atoms. The zero-order valence-corrected chi connectivity index (χ0v) is 16.7. The molecule has 30 heavy (non-hydrogen) atoms. The van der Waals surface area contributed by atoms with Crippen LogP contribution in [0.2, 0.25) is 0 Å². The number of ether oxygens (including phenoxy) is 2. The van der Waals surface area contributed by atoms with Crippen LogP contribution in [-0.2, 0) is 14.9 Å². The number of nitrogens with zero attached hydrogens (tertiary/aromatic N) is 5. The topological polar surface area (TPSA) is 161 Å². The lowest BCUT2D eigenvalue weighted by Crippen LogP contribution is -2.04. The second-order valence-corrected chi connectivity index (χ2v) is 7.26. The van der Waals surface area contributed by atoms with Crippen molar-refractivity contribution in [3.05, 3.63) is 48.7 Å². The monoisotopic (exact) mass is 430 g/mol. The lowest BCUT2D eigenvalue weighted by Gasteiger charge is -2.08. The Bertz CT molecular complexity index is 1200. The number of azo groups is 1. The highest BCUT2D eigenvalue weighted by molar-refractivity contribution is 7.86. The van der Waals surface area contributed by atoms with Gasteiger partial charge in [0, 0.05) is 23.9 Å². The zero-order chi connectivity index (χ0) is 21.6. The van der Waals surface area contributed by atoms with E-state index in [0.29, 0.717) is 30.2 Å². The van der Waals surface area contributed by atoms with Gasteiger partial charge in [0.1, 0.15) is 28.6 Å². The fourth-order valence-corrected chi connectivity index (χ4v) is 3.34. The minimum absolute atomic E-state index is 0.0518. The van der Waals surface area contributed by atoms with Crippen LogP contribution in [0.15, 0.2) is 74.1 Å². The van der Waals surface area contributed by atoms with Gasteiger partial charge in [-0.2, -0.15) is 8.42 Å². The molecular formula is C18H18N6O5S. The summed E-state index contributed by atoms with van der Waals surface area (Å²) in [6.07, 6.45) is 1.43. The largest absolute Gasteiger partial charge is 0.475 e. The Kier molecular flexibility index (Phi) is 6.61. The first-order chi connectivity index (χ1) is 14.4. The number of pyridine rings is 1. The minimum Gasteiger partial charge on any atom is -0.475 e. The molecule has 0 fully saturated rings. The van der Waals surface area contributed by atoms with Gasteiger partial charge in [0.25, 0.3) is 10.1 Å². The molecule has 156 valence electrons. The van der Waals surface area contributed by atoms with E-state index in [1.54, 1.807) is 37.4 Å². The molecule has 1 aromatic heterocycles. The van der Waals surface area contributed by atoms with Crippen molar-refractivity contribution in [2.75, 3.05) is 20.3 Å². The third kappa shape index (κ3) is 4.92. The zero-order valence-electron chi connectivity index (χ0n) is 15.8. The van der Waals surface area contributed by atoms with E-state index in [-0.39, 0.29) is 21.7 Å². The Labute approximate surface area is 172 Å². The van der Waals surface area contributed by atoms with Crippen molar-refractivity contribution in [1.82, 2.24) is 4.98 Å². The summed E-state index contributed by atoms with van der Waals surface area (Å²) in [6, 6.07) is 10.8. The van der Waals surface area contributed by atoms with E-state index in [2.05, 4.69) is 25.5 Å². The molecule has 0 amide bonds. The second-order valence-electron chi connectivity index (χ2n) is 5.87. The minimum atomic E-state index is -4.53. The molecule has 0 bridgehead atoms. The van der Waals surface area contributed by atoms with Gasteiger partial charge in [-0.05, 0) is 12.1 Å². The number of fused-ring (bicyclic) bond motifs is 1.